The zero-order valence-electron chi connectivity index (χ0n) is 11.7. The van der Waals surface area contributed by atoms with Gasteiger partial charge in [0.05, 0.1) is 6.04 Å². The van der Waals surface area contributed by atoms with Crippen LogP contribution in [0.2, 0.25) is 0 Å². The molecule has 1 atom stereocenters. The predicted molar refractivity (Wildman–Crippen MR) is 83.6 cm³/mol. The molecule has 1 aromatic carbocycles. The number of carbonyl (C=O) groups is 2. The summed E-state index contributed by atoms with van der Waals surface area (Å²) in [7, 11) is 0. The number of anilines is 1. The molecule has 2 amide bonds. The van der Waals surface area contributed by atoms with Gasteiger partial charge in [0.25, 0.3) is 5.91 Å². The van der Waals surface area contributed by atoms with Crippen molar-refractivity contribution in [2.24, 2.45) is 0 Å². The van der Waals surface area contributed by atoms with Gasteiger partial charge in [-0.25, -0.2) is 0 Å². The van der Waals surface area contributed by atoms with Crippen molar-refractivity contribution in [3.8, 4) is 0 Å². The van der Waals surface area contributed by atoms with Crippen LogP contribution in [-0.4, -0.2) is 11.8 Å². The second kappa shape index (κ2) is 5.69. The average molecular weight is 300 g/mol. The second-order valence-electron chi connectivity index (χ2n) is 5.13. The molecular weight excluding hydrogens is 284 g/mol. The molecule has 0 bridgehead atoms. The van der Waals surface area contributed by atoms with Gasteiger partial charge in [0, 0.05) is 22.5 Å². The summed E-state index contributed by atoms with van der Waals surface area (Å²) in [6.07, 6.45) is 1.16. The Morgan fingerprint density at radius 3 is 2.95 bits per heavy atom. The van der Waals surface area contributed by atoms with Crippen molar-refractivity contribution in [1.29, 1.82) is 0 Å². The number of rotatable bonds is 3. The van der Waals surface area contributed by atoms with Crippen molar-refractivity contribution in [3.05, 3.63) is 51.7 Å². The van der Waals surface area contributed by atoms with E-state index in [1.165, 1.54) is 0 Å². The Kier molecular flexibility index (Phi) is 3.75. The quantitative estimate of drug-likeness (QED) is 0.915. The van der Waals surface area contributed by atoms with E-state index in [9.17, 15) is 9.59 Å². The highest BCUT2D eigenvalue weighted by molar-refractivity contribution is 7.10. The summed E-state index contributed by atoms with van der Waals surface area (Å²) >= 11 is 1.63. The van der Waals surface area contributed by atoms with Crippen LogP contribution < -0.4 is 10.6 Å². The van der Waals surface area contributed by atoms with E-state index in [1.807, 2.05) is 30.5 Å². The number of nitrogens with one attached hydrogen (secondary N) is 2. The van der Waals surface area contributed by atoms with Crippen LogP contribution in [0.4, 0.5) is 5.69 Å². The van der Waals surface area contributed by atoms with Gasteiger partial charge in [-0.3, -0.25) is 9.59 Å². The molecule has 1 aliphatic heterocycles. The van der Waals surface area contributed by atoms with Gasteiger partial charge in [0.15, 0.2) is 0 Å². The van der Waals surface area contributed by atoms with Gasteiger partial charge in [0.2, 0.25) is 5.91 Å². The van der Waals surface area contributed by atoms with E-state index < -0.39 is 0 Å². The third-order valence-electron chi connectivity index (χ3n) is 3.58. The minimum Gasteiger partial charge on any atom is -0.345 e. The van der Waals surface area contributed by atoms with Gasteiger partial charge < -0.3 is 10.6 Å². The SMILES string of the molecule is CC(NC(=O)c1ccc2c(c1)CCC(=O)N2)c1cccs1. The molecule has 0 radical (unpaired) electrons. The van der Waals surface area contributed by atoms with Gasteiger partial charge in [-0.2, -0.15) is 0 Å². The Bertz CT molecular complexity index is 680. The molecule has 1 aromatic heterocycles. The van der Waals surface area contributed by atoms with Crippen molar-refractivity contribution in [2.45, 2.75) is 25.8 Å². The van der Waals surface area contributed by atoms with E-state index in [2.05, 4.69) is 10.6 Å². The molecule has 5 heteroatoms. The summed E-state index contributed by atoms with van der Waals surface area (Å²) in [5.74, 6) is -0.0541. The first kappa shape index (κ1) is 13.8. The number of thiophene rings is 1. The highest BCUT2D eigenvalue weighted by Gasteiger charge is 2.17. The highest BCUT2D eigenvalue weighted by Crippen LogP contribution is 2.24. The maximum absolute atomic E-state index is 12.3. The minimum absolute atomic E-state index is 0.00626. The monoisotopic (exact) mass is 300 g/mol. The molecule has 3 rings (SSSR count). The van der Waals surface area contributed by atoms with Gasteiger partial charge in [-0.1, -0.05) is 6.07 Å². The summed E-state index contributed by atoms with van der Waals surface area (Å²) in [5, 5.41) is 7.82. The molecular formula is C16H16N2O2S. The molecule has 0 saturated carbocycles. The van der Waals surface area contributed by atoms with E-state index >= 15 is 0 Å². The minimum atomic E-state index is -0.0874. The van der Waals surface area contributed by atoms with Crippen LogP contribution in [0.25, 0.3) is 0 Å². The molecule has 108 valence electrons. The third kappa shape index (κ3) is 2.97. The van der Waals surface area contributed by atoms with Crippen LogP contribution in [0.5, 0.6) is 0 Å². The summed E-state index contributed by atoms with van der Waals surface area (Å²) < 4.78 is 0. The van der Waals surface area contributed by atoms with E-state index in [-0.39, 0.29) is 17.9 Å². The van der Waals surface area contributed by atoms with Crippen LogP contribution in [0.15, 0.2) is 35.7 Å². The van der Waals surface area contributed by atoms with Crippen molar-refractivity contribution in [1.82, 2.24) is 5.32 Å². The van der Waals surface area contributed by atoms with Crippen LogP contribution in [0, 0.1) is 0 Å². The molecule has 0 fully saturated rings. The predicted octanol–water partition coefficient (Wildman–Crippen LogP) is 3.12. The first-order chi connectivity index (χ1) is 10.1. The number of hydrogen-bond donors (Lipinski definition) is 2. The molecule has 0 aliphatic carbocycles. The molecule has 2 heterocycles. The molecule has 2 aromatic rings. The Morgan fingerprint density at radius 2 is 2.19 bits per heavy atom. The highest BCUT2D eigenvalue weighted by atomic mass is 32.1. The number of benzene rings is 1. The largest absolute Gasteiger partial charge is 0.345 e. The van der Waals surface area contributed by atoms with Crippen LogP contribution in [0.1, 0.15) is 40.2 Å². The zero-order valence-corrected chi connectivity index (χ0v) is 12.5. The lowest BCUT2D eigenvalue weighted by molar-refractivity contribution is -0.116. The molecule has 0 spiro atoms. The number of fused-ring (bicyclic) bond motifs is 1. The molecule has 1 unspecified atom stereocenters. The second-order valence-corrected chi connectivity index (χ2v) is 6.11. The van der Waals surface area contributed by atoms with Crippen LogP contribution in [-0.2, 0) is 11.2 Å². The first-order valence-corrected chi connectivity index (χ1v) is 7.78. The van der Waals surface area contributed by atoms with E-state index in [1.54, 1.807) is 23.5 Å². The summed E-state index contributed by atoms with van der Waals surface area (Å²) in [6, 6.07) is 9.40. The van der Waals surface area contributed by atoms with Crippen molar-refractivity contribution in [2.75, 3.05) is 5.32 Å². The molecule has 4 nitrogen and oxygen atoms in total. The number of aryl methyl sites for hydroxylation is 1. The molecule has 0 saturated heterocycles. The Morgan fingerprint density at radius 1 is 1.33 bits per heavy atom. The van der Waals surface area contributed by atoms with Crippen molar-refractivity contribution < 1.29 is 9.59 Å². The maximum Gasteiger partial charge on any atom is 0.251 e. The van der Waals surface area contributed by atoms with E-state index in [0.29, 0.717) is 18.4 Å². The zero-order chi connectivity index (χ0) is 14.8. The molecule has 2 N–H and O–H groups in total. The van der Waals surface area contributed by atoms with Gasteiger partial charge in [-0.15, -0.1) is 11.3 Å². The third-order valence-corrected chi connectivity index (χ3v) is 4.64. The van der Waals surface area contributed by atoms with Crippen molar-refractivity contribution in [3.63, 3.8) is 0 Å². The van der Waals surface area contributed by atoms with E-state index in [0.717, 1.165) is 16.1 Å². The first-order valence-electron chi connectivity index (χ1n) is 6.90. The molecule has 21 heavy (non-hydrogen) atoms. The lowest BCUT2D eigenvalue weighted by Crippen LogP contribution is -2.26. The number of carbonyl (C=O) groups excluding carboxylic acids is 2. The normalized spacial score (nSPS) is 15.0. The Hall–Kier alpha value is -2.14. The summed E-state index contributed by atoms with van der Waals surface area (Å²) in [5.41, 5.74) is 2.47. The topological polar surface area (TPSA) is 58.2 Å². The van der Waals surface area contributed by atoms with E-state index in [4.69, 9.17) is 0 Å². The molecule has 1 aliphatic rings. The van der Waals surface area contributed by atoms with Gasteiger partial charge in [-0.05, 0) is 48.6 Å². The smallest absolute Gasteiger partial charge is 0.251 e. The maximum atomic E-state index is 12.3. The van der Waals surface area contributed by atoms with Crippen LogP contribution in [0.3, 0.4) is 0 Å². The van der Waals surface area contributed by atoms with Crippen LogP contribution >= 0.6 is 11.3 Å². The number of hydrogen-bond acceptors (Lipinski definition) is 3. The summed E-state index contributed by atoms with van der Waals surface area (Å²) in [4.78, 5) is 24.8. The fraction of sp³-hybridized carbons (Fsp3) is 0.250. The average Bonchev–Trinajstić information content (AvgIpc) is 3.01. The van der Waals surface area contributed by atoms with Gasteiger partial charge in [0.1, 0.15) is 0 Å². The fourth-order valence-corrected chi connectivity index (χ4v) is 3.15. The fourth-order valence-electron chi connectivity index (χ4n) is 2.41. The summed E-state index contributed by atoms with van der Waals surface area (Å²) in [6.45, 7) is 1.97. The standard InChI is InChI=1S/C16H16N2O2S/c1-10(14-3-2-8-21-14)17-16(20)12-4-6-13-11(9-12)5-7-15(19)18-13/h2-4,6,8-10H,5,7H2,1H3,(H,17,20)(H,18,19). The lowest BCUT2D eigenvalue weighted by atomic mass is 10.00. The van der Waals surface area contributed by atoms with Crippen molar-refractivity contribution >= 4 is 28.8 Å². The Labute approximate surface area is 127 Å². The number of amides is 2. The van der Waals surface area contributed by atoms with Gasteiger partial charge >= 0.3 is 0 Å². The Balaban J connectivity index is 1.75. The lowest BCUT2D eigenvalue weighted by Gasteiger charge is -2.18.